The van der Waals surface area contributed by atoms with Crippen LogP contribution in [0.4, 0.5) is 5.69 Å². The molecule has 9 heteroatoms. The lowest BCUT2D eigenvalue weighted by molar-refractivity contribution is -0.135. The molecular formula is C23H22N4O5. The van der Waals surface area contributed by atoms with Gasteiger partial charge in [-0.25, -0.2) is 4.98 Å². The molecule has 2 aromatic carbocycles. The minimum atomic E-state index is -1.99. The van der Waals surface area contributed by atoms with Crippen LogP contribution in [-0.2, 0) is 25.7 Å². The quantitative estimate of drug-likeness (QED) is 0.570. The third-order valence-corrected chi connectivity index (χ3v) is 5.04. The first-order valence-corrected chi connectivity index (χ1v) is 10.1. The van der Waals surface area contributed by atoms with Gasteiger partial charge in [0.15, 0.2) is 0 Å². The number of aromatic nitrogens is 2. The summed E-state index contributed by atoms with van der Waals surface area (Å²) < 4.78 is 15.0. The summed E-state index contributed by atoms with van der Waals surface area (Å²) in [6.45, 7) is 1.64. The van der Waals surface area contributed by atoms with Gasteiger partial charge in [-0.05, 0) is 37.1 Å². The van der Waals surface area contributed by atoms with Crippen molar-refractivity contribution in [2.45, 2.75) is 32.4 Å². The van der Waals surface area contributed by atoms with E-state index in [2.05, 4.69) is 15.6 Å². The molecule has 164 valence electrons. The van der Waals surface area contributed by atoms with Crippen LogP contribution in [-0.4, -0.2) is 33.9 Å². The Balaban J connectivity index is 1.55. The highest BCUT2D eigenvalue weighted by Crippen LogP contribution is 2.21. The SMILES string of the molecule is [2H][C@@]1(n2c(C)nc3ccc(NC(=O)COCc4ccccc4)cc3c2=O)CCC(=O)NC1=O. The number of rotatable bonds is 6. The monoisotopic (exact) mass is 435 g/mol. The van der Waals surface area contributed by atoms with E-state index >= 15 is 0 Å². The molecule has 2 heterocycles. The van der Waals surface area contributed by atoms with Crippen molar-refractivity contribution in [2.75, 3.05) is 11.9 Å². The standard InChI is InChI=1S/C23H22N4O5/c1-14-24-18-8-7-16(25-21(29)13-32-12-15-5-3-2-4-6-15)11-17(18)23(31)27(14)19-9-10-20(28)26-22(19)30/h2-8,11,19H,9-10,12-13H2,1H3,(H,25,29)(H,26,28,30)/t19-/m1/s1/i19D. The van der Waals surface area contributed by atoms with Gasteiger partial charge in [0.05, 0.1) is 18.9 Å². The normalized spacial score (nSPS) is 18.8. The van der Waals surface area contributed by atoms with Crippen LogP contribution in [0.25, 0.3) is 10.9 Å². The van der Waals surface area contributed by atoms with Gasteiger partial charge >= 0.3 is 0 Å². The van der Waals surface area contributed by atoms with E-state index < -0.39 is 29.3 Å². The Morgan fingerprint density at radius 2 is 2.03 bits per heavy atom. The molecule has 3 aromatic rings. The van der Waals surface area contributed by atoms with Crippen LogP contribution in [0.2, 0.25) is 0 Å². The van der Waals surface area contributed by atoms with Gasteiger partial charge in [-0.1, -0.05) is 30.3 Å². The number of hydrogen-bond acceptors (Lipinski definition) is 6. The third-order valence-electron chi connectivity index (χ3n) is 5.04. The summed E-state index contributed by atoms with van der Waals surface area (Å²) in [4.78, 5) is 53.8. The fourth-order valence-electron chi connectivity index (χ4n) is 3.55. The number of nitrogens with zero attached hydrogens (tertiary/aromatic N) is 2. The number of amides is 3. The molecule has 0 aliphatic carbocycles. The third kappa shape index (κ3) is 4.57. The van der Waals surface area contributed by atoms with Crippen LogP contribution in [0.1, 0.15) is 31.6 Å². The number of aryl methyl sites for hydroxylation is 1. The topological polar surface area (TPSA) is 119 Å². The summed E-state index contributed by atoms with van der Waals surface area (Å²) in [5.74, 6) is -1.57. The number of hydrogen-bond donors (Lipinski definition) is 2. The van der Waals surface area contributed by atoms with Crippen LogP contribution in [0, 0.1) is 6.92 Å². The zero-order valence-corrected chi connectivity index (χ0v) is 17.4. The number of benzene rings is 2. The van der Waals surface area contributed by atoms with Crippen molar-refractivity contribution in [3.63, 3.8) is 0 Å². The minimum absolute atomic E-state index is 0.0573. The molecule has 1 aliphatic heterocycles. The average Bonchev–Trinajstić information content (AvgIpc) is 2.78. The Bertz CT molecular complexity index is 1310. The number of fused-ring (bicyclic) bond motifs is 1. The molecule has 1 saturated heterocycles. The van der Waals surface area contributed by atoms with Gasteiger partial charge in [-0.3, -0.25) is 29.1 Å². The van der Waals surface area contributed by atoms with Crippen molar-refractivity contribution in [3.8, 4) is 0 Å². The highest BCUT2D eigenvalue weighted by Gasteiger charge is 2.30. The molecule has 32 heavy (non-hydrogen) atoms. The molecule has 0 unspecified atom stereocenters. The molecule has 2 N–H and O–H groups in total. The van der Waals surface area contributed by atoms with E-state index in [1.165, 1.54) is 13.0 Å². The highest BCUT2D eigenvalue weighted by atomic mass is 16.5. The molecule has 0 radical (unpaired) electrons. The Kier molecular flexibility index (Phi) is 5.71. The molecule has 1 atom stereocenters. The number of anilines is 1. The number of nitrogens with one attached hydrogen (secondary N) is 2. The smallest absolute Gasteiger partial charge is 0.262 e. The summed E-state index contributed by atoms with van der Waals surface area (Å²) in [5.41, 5.74) is 1.06. The van der Waals surface area contributed by atoms with E-state index in [4.69, 9.17) is 6.11 Å². The first kappa shape index (κ1) is 20.1. The molecule has 1 fully saturated rings. The summed E-state index contributed by atoms with van der Waals surface area (Å²) in [6.07, 6.45) is -0.195. The second kappa shape index (κ2) is 9.11. The van der Waals surface area contributed by atoms with Gasteiger partial charge in [0.1, 0.15) is 18.4 Å². The largest absolute Gasteiger partial charge is 0.367 e. The lowest BCUT2D eigenvalue weighted by atomic mass is 10.1. The van der Waals surface area contributed by atoms with Gasteiger partial charge in [-0.2, -0.15) is 0 Å². The number of piperidine rings is 1. The lowest BCUT2D eigenvalue weighted by Crippen LogP contribution is -2.45. The molecule has 0 spiro atoms. The molecule has 0 saturated carbocycles. The highest BCUT2D eigenvalue weighted by molar-refractivity contribution is 5.99. The Morgan fingerprint density at radius 1 is 1.25 bits per heavy atom. The van der Waals surface area contributed by atoms with E-state index in [9.17, 15) is 19.2 Å². The maximum absolute atomic E-state index is 13.2. The van der Waals surface area contributed by atoms with Crippen LogP contribution in [0.15, 0.2) is 53.3 Å². The first-order valence-electron chi connectivity index (χ1n) is 10.6. The molecule has 0 bridgehead atoms. The Labute approximate surface area is 184 Å². The zero-order chi connectivity index (χ0) is 23.6. The molecule has 1 aliphatic rings. The van der Waals surface area contributed by atoms with Crippen LogP contribution >= 0.6 is 0 Å². The van der Waals surface area contributed by atoms with Gasteiger partial charge in [0.25, 0.3) is 5.56 Å². The van der Waals surface area contributed by atoms with E-state index in [1.807, 2.05) is 30.3 Å². The zero-order valence-electron chi connectivity index (χ0n) is 18.4. The molecule has 4 rings (SSSR count). The molecule has 3 amide bonds. The predicted octanol–water partition coefficient (Wildman–Crippen LogP) is 1.84. The van der Waals surface area contributed by atoms with Crippen molar-refractivity contribution in [1.29, 1.82) is 0 Å². The minimum Gasteiger partial charge on any atom is -0.367 e. The van der Waals surface area contributed by atoms with Gasteiger partial charge in [0, 0.05) is 12.1 Å². The van der Waals surface area contributed by atoms with Gasteiger partial charge in [0.2, 0.25) is 17.7 Å². The summed E-state index contributed by atoms with van der Waals surface area (Å²) >= 11 is 0. The average molecular weight is 435 g/mol. The fraction of sp³-hybridized carbons (Fsp3) is 0.261. The molecule has 9 nitrogen and oxygen atoms in total. The van der Waals surface area contributed by atoms with Gasteiger partial charge < -0.3 is 10.1 Å². The number of carbonyl (C=O) groups excluding carboxylic acids is 3. The number of imide groups is 1. The Hall–Kier alpha value is -3.85. The summed E-state index contributed by atoms with van der Waals surface area (Å²) in [6, 6.07) is 12.1. The van der Waals surface area contributed by atoms with E-state index in [0.29, 0.717) is 11.2 Å². The first-order chi connectivity index (χ1) is 15.8. The van der Waals surface area contributed by atoms with E-state index in [0.717, 1.165) is 10.1 Å². The molecular weight excluding hydrogens is 412 g/mol. The van der Waals surface area contributed by atoms with Crippen LogP contribution in [0.5, 0.6) is 0 Å². The van der Waals surface area contributed by atoms with Crippen molar-refractivity contribution in [2.24, 2.45) is 0 Å². The van der Waals surface area contributed by atoms with Gasteiger partial charge in [-0.15, -0.1) is 0 Å². The number of ether oxygens (including phenoxy) is 1. The second-order valence-corrected chi connectivity index (χ2v) is 7.38. The predicted molar refractivity (Wildman–Crippen MR) is 117 cm³/mol. The molecule has 1 aromatic heterocycles. The summed E-state index contributed by atoms with van der Waals surface area (Å²) in [7, 11) is 0. The fourth-order valence-corrected chi connectivity index (χ4v) is 3.55. The number of carbonyl (C=O) groups is 3. The van der Waals surface area contributed by atoms with Crippen molar-refractivity contribution < 1.29 is 20.5 Å². The van der Waals surface area contributed by atoms with Crippen molar-refractivity contribution in [1.82, 2.24) is 14.9 Å². The van der Waals surface area contributed by atoms with Crippen molar-refractivity contribution >= 4 is 34.3 Å². The van der Waals surface area contributed by atoms with Crippen LogP contribution in [0.3, 0.4) is 0 Å². The lowest BCUT2D eigenvalue weighted by Gasteiger charge is -2.24. The van der Waals surface area contributed by atoms with Crippen LogP contribution < -0.4 is 16.2 Å². The van der Waals surface area contributed by atoms with E-state index in [-0.39, 0.29) is 37.3 Å². The van der Waals surface area contributed by atoms with E-state index in [1.54, 1.807) is 12.1 Å². The maximum atomic E-state index is 13.2. The summed E-state index contributed by atoms with van der Waals surface area (Å²) in [5, 5.41) is 4.93. The van der Waals surface area contributed by atoms with Crippen molar-refractivity contribution in [3.05, 3.63) is 70.3 Å². The second-order valence-electron chi connectivity index (χ2n) is 7.38. The Morgan fingerprint density at radius 3 is 2.78 bits per heavy atom. The maximum Gasteiger partial charge on any atom is 0.262 e.